The van der Waals surface area contributed by atoms with Crippen molar-refractivity contribution in [1.82, 2.24) is 0 Å². The quantitative estimate of drug-likeness (QED) is 0.722. The second kappa shape index (κ2) is 5.92. The molecule has 2 heteroatoms. The molecule has 2 aliphatic rings. The van der Waals surface area contributed by atoms with Crippen molar-refractivity contribution in [2.45, 2.75) is 91.1 Å². The lowest BCUT2D eigenvalue weighted by Gasteiger charge is -2.47. The molecule has 0 saturated heterocycles. The fourth-order valence-electron chi connectivity index (χ4n) is 4.61. The lowest BCUT2D eigenvalue weighted by Crippen LogP contribution is -2.49. The number of rotatable bonds is 2. The second-order valence-corrected chi connectivity index (χ2v) is 8.82. The third kappa shape index (κ3) is 3.29. The fraction of sp³-hybridized carbons (Fsp3) is 0.947. The van der Waals surface area contributed by atoms with Gasteiger partial charge in [-0.3, -0.25) is 0 Å². The molecule has 0 aromatic heterocycles. The van der Waals surface area contributed by atoms with E-state index in [4.69, 9.17) is 0 Å². The number of hydrogen-bond acceptors (Lipinski definition) is 2. The Morgan fingerprint density at radius 2 is 1.62 bits per heavy atom. The summed E-state index contributed by atoms with van der Waals surface area (Å²) in [5.74, 6) is 1.43. The summed E-state index contributed by atoms with van der Waals surface area (Å²) in [6.07, 6.45) is 8.89. The van der Waals surface area contributed by atoms with Gasteiger partial charge >= 0.3 is 0 Å². The van der Waals surface area contributed by atoms with Crippen LogP contribution in [0.3, 0.4) is 0 Å². The van der Waals surface area contributed by atoms with Crippen LogP contribution in [-0.4, -0.2) is 10.7 Å². The molecule has 21 heavy (non-hydrogen) atoms. The van der Waals surface area contributed by atoms with Crippen LogP contribution in [0.5, 0.6) is 0 Å². The summed E-state index contributed by atoms with van der Waals surface area (Å²) in [5.41, 5.74) is -0.924. The molecule has 0 spiro atoms. The molecule has 0 aromatic carbocycles. The van der Waals surface area contributed by atoms with Gasteiger partial charge in [0.1, 0.15) is 0 Å². The van der Waals surface area contributed by atoms with E-state index < -0.39 is 11.0 Å². The van der Waals surface area contributed by atoms with Crippen LogP contribution >= 0.6 is 0 Å². The maximum Gasteiger partial charge on any atom is 0.0860 e. The Kier molecular flexibility index (Phi) is 4.74. The van der Waals surface area contributed by atoms with Gasteiger partial charge < -0.3 is 5.11 Å². The molecule has 0 aliphatic heterocycles. The van der Waals surface area contributed by atoms with Crippen molar-refractivity contribution >= 4 is 0 Å². The average Bonchev–Trinajstić information content (AvgIpc) is 2.58. The lowest BCUT2D eigenvalue weighted by atomic mass is 9.58. The van der Waals surface area contributed by atoms with Gasteiger partial charge in [0, 0.05) is 0 Å². The molecule has 1 N–H and O–H groups in total. The van der Waals surface area contributed by atoms with Crippen LogP contribution in [0, 0.1) is 34.0 Å². The predicted molar refractivity (Wildman–Crippen MR) is 86.7 cm³/mol. The van der Waals surface area contributed by atoms with Crippen molar-refractivity contribution < 1.29 is 5.11 Å². The minimum atomic E-state index is -0.753. The van der Waals surface area contributed by atoms with Gasteiger partial charge in [-0.2, -0.15) is 5.26 Å². The maximum atomic E-state index is 11.4. The van der Waals surface area contributed by atoms with Crippen LogP contribution in [0.2, 0.25) is 0 Å². The Hall–Kier alpha value is -0.550. The molecule has 2 fully saturated rings. The third-order valence-electron chi connectivity index (χ3n) is 6.59. The van der Waals surface area contributed by atoms with Gasteiger partial charge in [-0.25, -0.2) is 0 Å². The number of nitriles is 1. The van der Waals surface area contributed by atoms with Crippen LogP contribution in [0.25, 0.3) is 0 Å². The zero-order chi connectivity index (χ0) is 15.7. The van der Waals surface area contributed by atoms with Crippen LogP contribution < -0.4 is 0 Å². The molecular weight excluding hydrogens is 258 g/mol. The highest BCUT2D eigenvalue weighted by Gasteiger charge is 2.53. The monoisotopic (exact) mass is 291 g/mol. The Morgan fingerprint density at radius 3 is 2.14 bits per heavy atom. The number of aliphatic hydroxyl groups is 1. The summed E-state index contributed by atoms with van der Waals surface area (Å²) < 4.78 is 0. The summed E-state index contributed by atoms with van der Waals surface area (Å²) in [4.78, 5) is 0. The maximum absolute atomic E-state index is 11.4. The van der Waals surface area contributed by atoms with Crippen LogP contribution in [0.1, 0.15) is 85.5 Å². The van der Waals surface area contributed by atoms with E-state index in [0.717, 1.165) is 57.3 Å². The van der Waals surface area contributed by atoms with Gasteiger partial charge in [0.25, 0.3) is 0 Å². The van der Waals surface area contributed by atoms with Crippen molar-refractivity contribution in [1.29, 1.82) is 5.26 Å². The first-order valence-electron chi connectivity index (χ1n) is 8.87. The van der Waals surface area contributed by atoms with Crippen LogP contribution in [0.15, 0.2) is 0 Å². The zero-order valence-corrected chi connectivity index (χ0v) is 14.4. The van der Waals surface area contributed by atoms with Gasteiger partial charge in [-0.1, -0.05) is 34.1 Å². The van der Waals surface area contributed by atoms with Crippen LogP contribution in [-0.2, 0) is 0 Å². The van der Waals surface area contributed by atoms with E-state index in [1.165, 1.54) is 6.42 Å². The lowest BCUT2D eigenvalue weighted by molar-refractivity contribution is -0.0919. The summed E-state index contributed by atoms with van der Waals surface area (Å²) in [6.45, 7) is 9.17. The minimum Gasteiger partial charge on any atom is -0.388 e. The Labute approximate surface area is 130 Å². The largest absolute Gasteiger partial charge is 0.388 e. The summed E-state index contributed by atoms with van der Waals surface area (Å²) in [7, 11) is 0. The van der Waals surface area contributed by atoms with E-state index in [1.54, 1.807) is 0 Å². The SMILES string of the molecule is CC(C)C1CCC(C#N)(C2(O)CCCC(C)(C)CC2)CC1. The molecule has 2 rings (SSSR count). The zero-order valence-electron chi connectivity index (χ0n) is 14.4. The third-order valence-corrected chi connectivity index (χ3v) is 6.59. The Morgan fingerprint density at radius 1 is 1.00 bits per heavy atom. The molecule has 2 saturated carbocycles. The van der Waals surface area contributed by atoms with Gasteiger partial charge in [0.15, 0.2) is 0 Å². The Balaban J connectivity index is 2.15. The highest BCUT2D eigenvalue weighted by molar-refractivity contribution is 5.14. The first-order valence-corrected chi connectivity index (χ1v) is 8.87. The van der Waals surface area contributed by atoms with Crippen molar-refractivity contribution in [2.75, 3.05) is 0 Å². The first kappa shape index (κ1) is 16.8. The Bertz CT molecular complexity index is 398. The van der Waals surface area contributed by atoms with Crippen molar-refractivity contribution in [2.24, 2.45) is 22.7 Å². The molecule has 0 heterocycles. The molecule has 0 amide bonds. The van der Waals surface area contributed by atoms with Gasteiger partial charge in [-0.05, 0) is 68.6 Å². The topological polar surface area (TPSA) is 44.0 Å². The molecule has 120 valence electrons. The van der Waals surface area contributed by atoms with Gasteiger partial charge in [0.05, 0.1) is 17.1 Å². The van der Waals surface area contributed by atoms with E-state index in [-0.39, 0.29) is 0 Å². The van der Waals surface area contributed by atoms with E-state index in [0.29, 0.717) is 11.3 Å². The highest BCUT2D eigenvalue weighted by Crippen LogP contribution is 2.53. The second-order valence-electron chi connectivity index (χ2n) is 8.82. The predicted octanol–water partition coefficient (Wildman–Crippen LogP) is 5.06. The molecule has 0 aromatic rings. The van der Waals surface area contributed by atoms with E-state index in [2.05, 4.69) is 33.8 Å². The molecule has 2 nitrogen and oxygen atoms in total. The van der Waals surface area contributed by atoms with Crippen molar-refractivity contribution in [3.8, 4) is 6.07 Å². The molecule has 1 atom stereocenters. The standard InChI is InChI=1S/C19H33NO/c1-15(2)16-6-10-18(14-20,11-7-16)19(21)9-5-8-17(3,4)12-13-19/h15-16,21H,5-13H2,1-4H3. The summed E-state index contributed by atoms with van der Waals surface area (Å²) in [5, 5.41) is 21.3. The molecule has 1 unspecified atom stereocenters. The van der Waals surface area contributed by atoms with Crippen LogP contribution in [0.4, 0.5) is 0 Å². The first-order chi connectivity index (χ1) is 9.74. The van der Waals surface area contributed by atoms with E-state index in [9.17, 15) is 10.4 Å². The fourth-order valence-corrected chi connectivity index (χ4v) is 4.61. The van der Waals surface area contributed by atoms with Gasteiger partial charge in [-0.15, -0.1) is 0 Å². The number of nitrogens with zero attached hydrogens (tertiary/aromatic N) is 1. The summed E-state index contributed by atoms with van der Waals surface area (Å²) in [6, 6.07) is 2.59. The minimum absolute atomic E-state index is 0.316. The summed E-state index contributed by atoms with van der Waals surface area (Å²) >= 11 is 0. The van der Waals surface area contributed by atoms with Gasteiger partial charge in [0.2, 0.25) is 0 Å². The smallest absolute Gasteiger partial charge is 0.0860 e. The molecule has 2 aliphatic carbocycles. The average molecular weight is 291 g/mol. The molecule has 0 radical (unpaired) electrons. The van der Waals surface area contributed by atoms with Crippen molar-refractivity contribution in [3.05, 3.63) is 0 Å². The van der Waals surface area contributed by atoms with Crippen molar-refractivity contribution in [3.63, 3.8) is 0 Å². The van der Waals surface area contributed by atoms with E-state index >= 15 is 0 Å². The number of hydrogen-bond donors (Lipinski definition) is 1. The molecule has 0 bridgehead atoms. The highest BCUT2D eigenvalue weighted by atomic mass is 16.3. The normalized spacial score (nSPS) is 40.5. The molecular formula is C19H33NO. The van der Waals surface area contributed by atoms with E-state index in [1.807, 2.05) is 0 Å².